The number of benzene rings is 2. The summed E-state index contributed by atoms with van der Waals surface area (Å²) in [5, 5.41) is 0. The Hall–Kier alpha value is -2.49. The van der Waals surface area contributed by atoms with Crippen molar-refractivity contribution >= 4 is 15.9 Å². The molecule has 2 aromatic carbocycles. The Morgan fingerprint density at radius 2 is 1.50 bits per heavy atom. The zero-order valence-corrected chi connectivity index (χ0v) is 13.8. The molecule has 0 heterocycles. The van der Waals surface area contributed by atoms with E-state index in [0.717, 1.165) is 6.07 Å². The van der Waals surface area contributed by atoms with Crippen molar-refractivity contribution in [1.29, 1.82) is 0 Å². The molecular formula is C16H9F5O4S. The molecule has 4 nitrogen and oxygen atoms in total. The maximum atomic E-state index is 13.8. The lowest BCUT2D eigenvalue weighted by atomic mass is 10.1. The van der Waals surface area contributed by atoms with Crippen LogP contribution in [-0.2, 0) is 16.5 Å². The summed E-state index contributed by atoms with van der Waals surface area (Å²) < 4.78 is 96.1. The molecule has 26 heavy (non-hydrogen) atoms. The number of hydrogen-bond acceptors (Lipinski definition) is 4. The Morgan fingerprint density at radius 1 is 0.962 bits per heavy atom. The first-order valence-electron chi connectivity index (χ1n) is 7.18. The van der Waals surface area contributed by atoms with Gasteiger partial charge in [-0.1, -0.05) is 19.1 Å². The first-order chi connectivity index (χ1) is 12.1. The normalized spacial score (nSPS) is 16.7. The van der Waals surface area contributed by atoms with E-state index in [2.05, 4.69) is 4.18 Å². The van der Waals surface area contributed by atoms with Gasteiger partial charge in [0.05, 0.1) is 5.56 Å². The van der Waals surface area contributed by atoms with Crippen LogP contribution in [0.15, 0.2) is 23.1 Å². The lowest BCUT2D eigenvalue weighted by molar-refractivity contribution is 0.0945. The lowest BCUT2D eigenvalue weighted by Gasteiger charge is -2.12. The second kappa shape index (κ2) is 6.04. The van der Waals surface area contributed by atoms with E-state index in [0.29, 0.717) is 12.0 Å². The SMILES string of the molecule is CC1Cc2cccc(OS(=O)(=O)c3c(F)c(F)c(F)c(F)c3F)c2C1=O. The van der Waals surface area contributed by atoms with E-state index in [-0.39, 0.29) is 5.56 Å². The van der Waals surface area contributed by atoms with Gasteiger partial charge in [-0.05, 0) is 18.1 Å². The predicted molar refractivity (Wildman–Crippen MR) is 77.7 cm³/mol. The number of hydrogen-bond donors (Lipinski definition) is 0. The maximum Gasteiger partial charge on any atom is 0.345 e. The predicted octanol–water partition coefficient (Wildman–Crippen LogP) is 3.52. The molecule has 0 saturated heterocycles. The van der Waals surface area contributed by atoms with Crippen LogP contribution >= 0.6 is 0 Å². The monoisotopic (exact) mass is 392 g/mol. The number of carbonyl (C=O) groups is 1. The molecule has 1 aliphatic rings. The molecule has 138 valence electrons. The molecule has 0 radical (unpaired) electrons. The molecular weight excluding hydrogens is 383 g/mol. The number of Topliss-reactive ketones (excluding diaryl/α,β-unsaturated/α-hetero) is 1. The summed E-state index contributed by atoms with van der Waals surface area (Å²) in [5.41, 5.74) is 0.347. The first kappa shape index (κ1) is 18.3. The molecule has 3 rings (SSSR count). The summed E-state index contributed by atoms with van der Waals surface area (Å²) in [6.45, 7) is 1.59. The molecule has 1 atom stereocenters. The largest absolute Gasteiger partial charge is 0.378 e. The molecule has 0 amide bonds. The average Bonchev–Trinajstić information content (AvgIpc) is 2.86. The van der Waals surface area contributed by atoms with Crippen LogP contribution in [0.3, 0.4) is 0 Å². The van der Waals surface area contributed by atoms with Gasteiger partial charge in [0.15, 0.2) is 39.7 Å². The van der Waals surface area contributed by atoms with Crippen LogP contribution in [0, 0.1) is 35.0 Å². The van der Waals surface area contributed by atoms with Crippen molar-refractivity contribution < 1.29 is 39.3 Å². The summed E-state index contributed by atoms with van der Waals surface area (Å²) >= 11 is 0. The minimum absolute atomic E-state index is 0.104. The Labute approximate surface area is 144 Å². The molecule has 2 aromatic rings. The van der Waals surface area contributed by atoms with Crippen LogP contribution < -0.4 is 4.18 Å². The molecule has 0 aliphatic heterocycles. The van der Waals surface area contributed by atoms with E-state index in [1.165, 1.54) is 12.1 Å². The summed E-state index contributed by atoms with van der Waals surface area (Å²) in [7, 11) is -5.45. The van der Waals surface area contributed by atoms with Gasteiger partial charge in [0.1, 0.15) is 0 Å². The summed E-state index contributed by atoms with van der Waals surface area (Å²) in [5.74, 6) is -13.9. The Kier molecular flexibility index (Phi) is 4.26. The van der Waals surface area contributed by atoms with Crippen molar-refractivity contribution in [2.75, 3.05) is 0 Å². The highest BCUT2D eigenvalue weighted by molar-refractivity contribution is 7.87. The summed E-state index contributed by atoms with van der Waals surface area (Å²) in [4.78, 5) is 10.0. The molecule has 0 fully saturated rings. The van der Waals surface area contributed by atoms with Crippen molar-refractivity contribution in [3.8, 4) is 5.75 Å². The van der Waals surface area contributed by atoms with Crippen LogP contribution in [0.4, 0.5) is 22.0 Å². The Balaban J connectivity index is 2.15. The third-order valence-corrected chi connectivity index (χ3v) is 5.21. The van der Waals surface area contributed by atoms with E-state index in [1.54, 1.807) is 6.92 Å². The fraction of sp³-hybridized carbons (Fsp3) is 0.188. The molecule has 0 saturated carbocycles. The summed E-state index contributed by atoms with van der Waals surface area (Å²) in [6, 6.07) is 3.93. The highest BCUT2D eigenvalue weighted by atomic mass is 32.2. The van der Waals surface area contributed by atoms with Gasteiger partial charge in [-0.2, -0.15) is 8.42 Å². The molecule has 0 aromatic heterocycles. The highest BCUT2D eigenvalue weighted by Gasteiger charge is 2.37. The van der Waals surface area contributed by atoms with Crippen molar-refractivity contribution in [2.24, 2.45) is 5.92 Å². The van der Waals surface area contributed by atoms with Crippen molar-refractivity contribution in [3.63, 3.8) is 0 Å². The van der Waals surface area contributed by atoms with Gasteiger partial charge in [-0.25, -0.2) is 22.0 Å². The van der Waals surface area contributed by atoms with Crippen LogP contribution in [-0.4, -0.2) is 14.2 Å². The van der Waals surface area contributed by atoms with Crippen molar-refractivity contribution in [1.82, 2.24) is 0 Å². The van der Waals surface area contributed by atoms with E-state index in [9.17, 15) is 35.2 Å². The van der Waals surface area contributed by atoms with Crippen molar-refractivity contribution in [2.45, 2.75) is 18.2 Å². The van der Waals surface area contributed by atoms with E-state index < -0.39 is 61.6 Å². The fourth-order valence-corrected chi connectivity index (χ4v) is 3.81. The zero-order chi connectivity index (χ0) is 19.4. The highest BCUT2D eigenvalue weighted by Crippen LogP contribution is 2.36. The minimum atomic E-state index is -5.45. The van der Waals surface area contributed by atoms with E-state index >= 15 is 0 Å². The summed E-state index contributed by atoms with van der Waals surface area (Å²) in [6.07, 6.45) is 0.300. The number of rotatable bonds is 3. The van der Waals surface area contributed by atoms with E-state index in [1.807, 2.05) is 0 Å². The molecule has 1 unspecified atom stereocenters. The minimum Gasteiger partial charge on any atom is -0.378 e. The van der Waals surface area contributed by atoms with Crippen LogP contribution in [0.1, 0.15) is 22.8 Å². The molecule has 0 N–H and O–H groups in total. The maximum absolute atomic E-state index is 13.8. The molecule has 10 heteroatoms. The smallest absolute Gasteiger partial charge is 0.345 e. The number of fused-ring (bicyclic) bond motifs is 1. The second-order valence-electron chi connectivity index (χ2n) is 5.70. The third kappa shape index (κ3) is 2.64. The first-order valence-corrected chi connectivity index (χ1v) is 8.59. The average molecular weight is 392 g/mol. The quantitative estimate of drug-likeness (QED) is 0.347. The van der Waals surface area contributed by atoms with E-state index in [4.69, 9.17) is 0 Å². The molecule has 0 spiro atoms. The van der Waals surface area contributed by atoms with Gasteiger partial charge in [0, 0.05) is 5.92 Å². The van der Waals surface area contributed by atoms with Gasteiger partial charge in [0.2, 0.25) is 5.82 Å². The molecule has 1 aliphatic carbocycles. The fourth-order valence-electron chi connectivity index (χ4n) is 2.73. The number of carbonyl (C=O) groups excluding carboxylic acids is 1. The lowest BCUT2D eigenvalue weighted by Crippen LogP contribution is -2.18. The van der Waals surface area contributed by atoms with Gasteiger partial charge in [-0.3, -0.25) is 4.79 Å². The van der Waals surface area contributed by atoms with Crippen LogP contribution in [0.5, 0.6) is 5.75 Å². The Bertz CT molecular complexity index is 1020. The number of halogens is 5. The van der Waals surface area contributed by atoms with Gasteiger partial charge < -0.3 is 4.18 Å². The standard InChI is InChI=1S/C16H9F5O4S/c1-6-5-7-3-2-4-8(9(7)15(6)22)25-26(23,24)16-13(20)11(18)10(17)12(19)14(16)21/h2-4,6H,5H2,1H3. The van der Waals surface area contributed by atoms with Gasteiger partial charge in [0.25, 0.3) is 0 Å². The van der Waals surface area contributed by atoms with Gasteiger partial charge >= 0.3 is 10.1 Å². The van der Waals surface area contributed by atoms with Crippen LogP contribution in [0.2, 0.25) is 0 Å². The third-order valence-electron chi connectivity index (χ3n) is 3.95. The molecule has 0 bridgehead atoms. The zero-order valence-electron chi connectivity index (χ0n) is 12.9. The van der Waals surface area contributed by atoms with Gasteiger partial charge in [-0.15, -0.1) is 0 Å². The Morgan fingerprint density at radius 3 is 2.08 bits per heavy atom. The van der Waals surface area contributed by atoms with Crippen molar-refractivity contribution in [3.05, 3.63) is 58.4 Å². The van der Waals surface area contributed by atoms with Crippen LogP contribution in [0.25, 0.3) is 0 Å². The topological polar surface area (TPSA) is 60.4 Å². The number of ketones is 1. The second-order valence-corrected chi connectivity index (χ2v) is 7.18.